The minimum Gasteiger partial charge on any atom is -0.480 e. The molecular weight excluding hydrogens is 1060 g/mol. The third kappa shape index (κ3) is 19.4. The number of carbonyl (C=O) groups is 8. The molecule has 0 aliphatic heterocycles. The number of carbonyl (C=O) groups excluding carboxylic acids is 7. The number of carboxylic acids is 1. The van der Waals surface area contributed by atoms with Crippen LogP contribution in [0.3, 0.4) is 0 Å². The highest BCUT2D eigenvalue weighted by Crippen LogP contribution is 2.22. The Balaban J connectivity index is 1.28. The minimum atomic E-state index is -1.40. The van der Waals surface area contributed by atoms with Gasteiger partial charge in [0.15, 0.2) is 0 Å². The van der Waals surface area contributed by atoms with Gasteiger partial charge < -0.3 is 79.5 Å². The van der Waals surface area contributed by atoms with Gasteiger partial charge in [-0.25, -0.2) is 14.8 Å². The number of fused-ring (bicyclic) bond motifs is 2. The number of rotatable bonds is 35. The van der Waals surface area contributed by atoms with E-state index in [1.54, 1.807) is 12.4 Å². The number of aromatic amines is 4. The van der Waals surface area contributed by atoms with Crippen LogP contribution in [0.15, 0.2) is 86.0 Å². The monoisotopic (exact) mass is 1150 g/mol. The smallest absolute Gasteiger partial charge is 0.326 e. The van der Waals surface area contributed by atoms with Crippen LogP contribution in [0.25, 0.3) is 21.8 Å². The van der Waals surface area contributed by atoms with Gasteiger partial charge in [-0.05, 0) is 93.1 Å². The molecule has 25 nitrogen and oxygen atoms in total. The summed E-state index contributed by atoms with van der Waals surface area (Å²) in [6.45, 7) is 8.08. The molecule has 0 saturated carbocycles. The summed E-state index contributed by atoms with van der Waals surface area (Å²) in [7, 11) is 0. The number of unbranched alkanes of at least 4 members (excludes halogenated alkanes) is 2. The van der Waals surface area contributed by atoms with E-state index in [0.717, 1.165) is 21.8 Å². The molecule has 0 bridgehead atoms. The van der Waals surface area contributed by atoms with E-state index in [1.807, 2.05) is 76.2 Å². The highest BCUT2D eigenvalue weighted by Gasteiger charge is 2.36. The average Bonchev–Trinajstić information content (AvgIpc) is 4.48. The highest BCUT2D eigenvalue weighted by atomic mass is 16.4. The second-order valence-corrected chi connectivity index (χ2v) is 21.9. The van der Waals surface area contributed by atoms with Gasteiger partial charge in [0.25, 0.3) is 0 Å². The molecule has 0 radical (unpaired) electrons. The van der Waals surface area contributed by atoms with E-state index in [4.69, 9.17) is 17.2 Å². The first-order chi connectivity index (χ1) is 39.8. The first kappa shape index (κ1) is 63.8. The molecule has 0 aliphatic carbocycles. The van der Waals surface area contributed by atoms with Crippen molar-refractivity contribution in [2.45, 2.75) is 153 Å². The van der Waals surface area contributed by atoms with E-state index in [2.05, 4.69) is 67.1 Å². The molecule has 0 fully saturated rings. The molecule has 4 aromatic heterocycles. The zero-order valence-corrected chi connectivity index (χ0v) is 47.6. The van der Waals surface area contributed by atoms with Crippen molar-refractivity contribution < 1.29 is 43.5 Å². The van der Waals surface area contributed by atoms with Crippen LogP contribution in [-0.2, 0) is 64.0 Å². The number of hydrogen-bond acceptors (Lipinski definition) is 13. The van der Waals surface area contributed by atoms with Crippen LogP contribution in [0.1, 0.15) is 102 Å². The second-order valence-electron chi connectivity index (χ2n) is 21.9. The highest BCUT2D eigenvalue weighted by molar-refractivity contribution is 5.98. The number of imidazole rings is 2. The van der Waals surface area contributed by atoms with Gasteiger partial charge in [-0.3, -0.25) is 33.6 Å². The zero-order chi connectivity index (χ0) is 60.0. The number of aliphatic carboxylic acids is 1. The van der Waals surface area contributed by atoms with E-state index in [-0.39, 0.29) is 56.8 Å². The number of amides is 7. The lowest BCUT2D eigenvalue weighted by atomic mass is 9.98. The van der Waals surface area contributed by atoms with Gasteiger partial charge >= 0.3 is 5.97 Å². The van der Waals surface area contributed by atoms with Gasteiger partial charge in [0, 0.05) is 83.7 Å². The summed E-state index contributed by atoms with van der Waals surface area (Å²) in [5.41, 5.74) is 21.5. The molecule has 4 heterocycles. The molecule has 7 amide bonds. The first-order valence-corrected chi connectivity index (χ1v) is 28.4. The molecule has 25 heteroatoms. The van der Waals surface area contributed by atoms with E-state index in [1.165, 1.54) is 25.0 Å². The van der Waals surface area contributed by atoms with Crippen LogP contribution < -0.4 is 54.4 Å². The van der Waals surface area contributed by atoms with Crippen LogP contribution in [0.4, 0.5) is 0 Å². The Morgan fingerprint density at radius 2 is 0.843 bits per heavy atom. The quantitative estimate of drug-likeness (QED) is 0.0251. The maximum atomic E-state index is 15.0. The van der Waals surface area contributed by atoms with Crippen LogP contribution in [0.2, 0.25) is 0 Å². The predicted octanol–water partition coefficient (Wildman–Crippen LogP) is 1.52. The number of hydrogen-bond donors (Lipinski definition) is 15. The number of H-pyrrole nitrogens is 4. The number of aromatic nitrogens is 6. The van der Waals surface area contributed by atoms with E-state index >= 15 is 4.79 Å². The predicted molar refractivity (Wildman–Crippen MR) is 312 cm³/mol. The van der Waals surface area contributed by atoms with Gasteiger partial charge in [0.2, 0.25) is 41.4 Å². The molecule has 18 N–H and O–H groups in total. The normalized spacial score (nSPS) is 14.4. The van der Waals surface area contributed by atoms with E-state index in [9.17, 15) is 38.7 Å². The summed E-state index contributed by atoms with van der Waals surface area (Å²) in [6.07, 6.45) is 11.7. The van der Waals surface area contributed by atoms with Gasteiger partial charge in [-0.1, -0.05) is 70.5 Å². The Morgan fingerprint density at radius 1 is 0.470 bits per heavy atom. The maximum absolute atomic E-state index is 15.0. The number of nitrogens with one attached hydrogen (secondary N) is 11. The van der Waals surface area contributed by atoms with Crippen LogP contribution in [-0.4, -0.2) is 144 Å². The van der Waals surface area contributed by atoms with Crippen LogP contribution >= 0.6 is 0 Å². The Labute approximate surface area is 481 Å². The summed E-state index contributed by atoms with van der Waals surface area (Å²) >= 11 is 0. The van der Waals surface area contributed by atoms with Crippen molar-refractivity contribution in [2.24, 2.45) is 29.0 Å². The number of para-hydroxylation sites is 2. The lowest BCUT2D eigenvalue weighted by molar-refractivity contribution is -0.142. The van der Waals surface area contributed by atoms with Gasteiger partial charge in [0.1, 0.15) is 42.3 Å². The third-order valence-electron chi connectivity index (χ3n) is 14.2. The average molecular weight is 1150 g/mol. The van der Waals surface area contributed by atoms with Crippen molar-refractivity contribution >= 4 is 69.1 Å². The Morgan fingerprint density at radius 3 is 1.28 bits per heavy atom. The number of nitrogens with two attached hydrogens (primary N) is 3. The van der Waals surface area contributed by atoms with E-state index in [0.29, 0.717) is 67.7 Å². The van der Waals surface area contributed by atoms with Gasteiger partial charge in [-0.15, -0.1) is 0 Å². The van der Waals surface area contributed by atoms with E-state index < -0.39 is 95.7 Å². The fourth-order valence-corrected chi connectivity index (χ4v) is 9.82. The molecule has 0 spiro atoms. The summed E-state index contributed by atoms with van der Waals surface area (Å²) in [6, 6.07) is 4.77. The number of nitrogens with zero attached hydrogens (tertiary/aromatic N) is 2. The lowest BCUT2D eigenvalue weighted by Crippen LogP contribution is -2.61. The third-order valence-corrected chi connectivity index (χ3v) is 14.2. The molecule has 0 saturated heterocycles. The standard InChI is InChI=1S/C58H82N16O9/c1-33(2)21-45(53(77)71-47(55(79)74-50(58(82)83)22-34(3)4)24-36-28-65-43-17-8-6-14-40(36)43)70-54(78)46(23-35-27-64-42-16-7-5-13-39(35)42)72-57(81)49(26-38-30-63-32-67-38)73-52(76)44(18-10-12-20-60)68-56(80)48(25-37-29-62-31-66-37)69-51(75)41(61)15-9-11-19-59/h5-8,13-14,16-17,27-34,41,44-50,64-65H,9-12,15,18-26,59-61H2,1-4H3,(H,62,66)(H,63,67)(H,68,80)(H,69,75)(H,70,78)(H,71,77)(H,72,81)(H,73,76)(H,74,79)(H,82,83)/t41-,44-,45+,46-,47-,48+,49+,50+/m0/s1. The van der Waals surface area contributed by atoms with Crippen molar-refractivity contribution in [3.63, 3.8) is 0 Å². The fourth-order valence-electron chi connectivity index (χ4n) is 9.82. The summed E-state index contributed by atoms with van der Waals surface area (Å²) in [4.78, 5) is 134. The SMILES string of the molecule is CC(C)C[C@@H](NC(=O)[C@H](Cc1c[nH]c2ccccc12)NC(=O)[C@@H](CC(C)C)NC(=O)[C@H](Cc1c[nH]c2ccccc12)NC(=O)[C@@H](Cc1cnc[nH]1)NC(=O)[C@H](CCCCN)NC(=O)[C@@H](Cc1cnc[nH]1)NC(=O)[C@@H](N)CCCCN)C(=O)O. The number of benzene rings is 2. The Bertz CT molecular complexity index is 3060. The summed E-state index contributed by atoms with van der Waals surface area (Å²) in [5.74, 6) is -6.60. The van der Waals surface area contributed by atoms with Crippen molar-refractivity contribution in [3.8, 4) is 0 Å². The molecule has 2 aromatic carbocycles. The molecular formula is C58H82N16O9. The molecule has 6 rings (SSSR count). The molecule has 83 heavy (non-hydrogen) atoms. The van der Waals surface area contributed by atoms with Crippen molar-refractivity contribution in [1.82, 2.24) is 67.1 Å². The Hall–Kier alpha value is -8.42. The van der Waals surface area contributed by atoms with Gasteiger partial charge in [-0.2, -0.15) is 0 Å². The molecule has 448 valence electrons. The van der Waals surface area contributed by atoms with Crippen molar-refractivity contribution in [2.75, 3.05) is 13.1 Å². The van der Waals surface area contributed by atoms with Crippen LogP contribution in [0.5, 0.6) is 0 Å². The summed E-state index contributed by atoms with van der Waals surface area (Å²) < 4.78 is 0. The maximum Gasteiger partial charge on any atom is 0.326 e. The van der Waals surface area contributed by atoms with Crippen molar-refractivity contribution in [1.29, 1.82) is 0 Å². The Kier molecular flexibility index (Phi) is 24.3. The molecule has 6 aromatic rings. The minimum absolute atomic E-state index is 0.0266. The summed E-state index contributed by atoms with van der Waals surface area (Å²) in [5, 5.41) is 31.2. The van der Waals surface area contributed by atoms with Crippen molar-refractivity contribution in [3.05, 3.63) is 108 Å². The second kappa shape index (κ2) is 31.7. The first-order valence-electron chi connectivity index (χ1n) is 28.4. The topological polar surface area (TPSA) is 408 Å². The molecule has 8 atom stereocenters. The fraction of sp³-hybridized carbons (Fsp3) is 0.483. The van der Waals surface area contributed by atoms with Crippen LogP contribution in [0, 0.1) is 11.8 Å². The lowest BCUT2D eigenvalue weighted by Gasteiger charge is -2.28. The molecule has 0 unspecified atom stereocenters. The molecule has 0 aliphatic rings. The zero-order valence-electron chi connectivity index (χ0n) is 47.6. The number of carboxylic acid groups (broad SMARTS) is 1. The largest absolute Gasteiger partial charge is 0.480 e. The van der Waals surface area contributed by atoms with Gasteiger partial charge in [0.05, 0.1) is 18.7 Å².